The second kappa shape index (κ2) is 7.17. The highest BCUT2D eigenvalue weighted by Gasteiger charge is 2.11. The highest BCUT2D eigenvalue weighted by atomic mass is 19.1. The third-order valence-electron chi connectivity index (χ3n) is 2.42. The first-order valence-electron chi connectivity index (χ1n) is 5.85. The van der Waals surface area contributed by atoms with Crippen LogP contribution in [0.2, 0.25) is 0 Å². The standard InChI is InChI=1S/C12H13FN2O5/c13-8-5-9(7-10(6-8)15(19)20)14-11(16)3-1-2-4-12(17)18/h5-7H,1-4H2,(H,14,16)(H,17,18). The average Bonchev–Trinajstić information content (AvgIpc) is 2.33. The van der Waals surface area contributed by atoms with E-state index in [-0.39, 0.29) is 18.5 Å². The highest BCUT2D eigenvalue weighted by Crippen LogP contribution is 2.20. The number of nitrogens with one attached hydrogen (secondary N) is 1. The predicted molar refractivity (Wildman–Crippen MR) is 67.8 cm³/mol. The Bertz CT molecular complexity index is 533. The molecule has 0 spiro atoms. The Balaban J connectivity index is 2.53. The lowest BCUT2D eigenvalue weighted by Crippen LogP contribution is -2.11. The molecule has 20 heavy (non-hydrogen) atoms. The van der Waals surface area contributed by atoms with E-state index < -0.39 is 28.3 Å². The molecular formula is C12H13FN2O5. The summed E-state index contributed by atoms with van der Waals surface area (Å²) in [5.74, 6) is -2.21. The molecule has 0 heterocycles. The molecule has 0 unspecified atom stereocenters. The molecule has 7 nitrogen and oxygen atoms in total. The maximum absolute atomic E-state index is 13.1. The van der Waals surface area contributed by atoms with Gasteiger partial charge in [-0.25, -0.2) is 4.39 Å². The lowest BCUT2D eigenvalue weighted by atomic mass is 10.2. The van der Waals surface area contributed by atoms with E-state index in [0.29, 0.717) is 12.8 Å². The van der Waals surface area contributed by atoms with Gasteiger partial charge in [0.15, 0.2) is 0 Å². The normalized spacial score (nSPS) is 10.1. The average molecular weight is 284 g/mol. The Morgan fingerprint density at radius 1 is 1.25 bits per heavy atom. The van der Waals surface area contributed by atoms with Gasteiger partial charge in [0.1, 0.15) is 5.82 Å². The molecule has 1 aromatic rings. The number of hydrogen-bond acceptors (Lipinski definition) is 4. The van der Waals surface area contributed by atoms with Gasteiger partial charge in [-0.3, -0.25) is 19.7 Å². The van der Waals surface area contributed by atoms with Crippen LogP contribution in [0.25, 0.3) is 0 Å². The molecule has 1 aromatic carbocycles. The number of nitro groups is 1. The van der Waals surface area contributed by atoms with E-state index in [1.807, 2.05) is 0 Å². The zero-order chi connectivity index (χ0) is 15.1. The van der Waals surface area contributed by atoms with E-state index in [4.69, 9.17) is 5.11 Å². The van der Waals surface area contributed by atoms with Crippen molar-refractivity contribution in [2.24, 2.45) is 0 Å². The number of aliphatic carboxylic acids is 1. The Labute approximate surface area is 113 Å². The quantitative estimate of drug-likeness (QED) is 0.453. The number of halogens is 1. The zero-order valence-electron chi connectivity index (χ0n) is 10.5. The smallest absolute Gasteiger partial charge is 0.303 e. The van der Waals surface area contributed by atoms with E-state index in [0.717, 1.165) is 18.2 Å². The van der Waals surface area contributed by atoms with Gasteiger partial charge in [-0.15, -0.1) is 0 Å². The fourth-order valence-electron chi connectivity index (χ4n) is 1.54. The molecule has 0 fully saturated rings. The number of anilines is 1. The van der Waals surface area contributed by atoms with Crippen LogP contribution < -0.4 is 5.32 Å². The summed E-state index contributed by atoms with van der Waals surface area (Å²) in [6.07, 6.45) is 0.762. The van der Waals surface area contributed by atoms with Crippen molar-refractivity contribution < 1.29 is 24.0 Å². The SMILES string of the molecule is O=C(O)CCCCC(=O)Nc1cc(F)cc([N+](=O)[O-])c1. The summed E-state index contributed by atoms with van der Waals surface area (Å²) in [5, 5.41) is 21.3. The number of carboxylic acids is 1. The Morgan fingerprint density at radius 2 is 1.90 bits per heavy atom. The van der Waals surface area contributed by atoms with Crippen molar-refractivity contribution in [3.63, 3.8) is 0 Å². The number of unbranched alkanes of at least 4 members (excludes halogenated alkanes) is 1. The number of rotatable bonds is 7. The van der Waals surface area contributed by atoms with Crippen LogP contribution in [0.5, 0.6) is 0 Å². The monoisotopic (exact) mass is 284 g/mol. The third-order valence-corrected chi connectivity index (χ3v) is 2.42. The number of nitrogens with zero attached hydrogens (tertiary/aromatic N) is 1. The van der Waals surface area contributed by atoms with E-state index in [1.165, 1.54) is 0 Å². The summed E-state index contributed by atoms with van der Waals surface area (Å²) in [7, 11) is 0. The molecule has 1 rings (SSSR count). The summed E-state index contributed by atoms with van der Waals surface area (Å²) >= 11 is 0. The minimum Gasteiger partial charge on any atom is -0.481 e. The van der Waals surface area contributed by atoms with Gasteiger partial charge in [-0.05, 0) is 18.9 Å². The fraction of sp³-hybridized carbons (Fsp3) is 0.333. The third kappa shape index (κ3) is 5.42. The van der Waals surface area contributed by atoms with Gasteiger partial charge >= 0.3 is 5.97 Å². The topological polar surface area (TPSA) is 110 Å². The first-order valence-corrected chi connectivity index (χ1v) is 5.85. The van der Waals surface area contributed by atoms with Crippen LogP contribution in [0.3, 0.4) is 0 Å². The van der Waals surface area contributed by atoms with Crippen molar-refractivity contribution in [1.82, 2.24) is 0 Å². The van der Waals surface area contributed by atoms with Crippen LogP contribution >= 0.6 is 0 Å². The van der Waals surface area contributed by atoms with E-state index in [9.17, 15) is 24.1 Å². The van der Waals surface area contributed by atoms with Crippen molar-refractivity contribution >= 4 is 23.3 Å². The number of carbonyl (C=O) groups excluding carboxylic acids is 1. The molecule has 0 saturated heterocycles. The largest absolute Gasteiger partial charge is 0.481 e. The Morgan fingerprint density at radius 3 is 2.50 bits per heavy atom. The van der Waals surface area contributed by atoms with Gasteiger partial charge in [0, 0.05) is 18.9 Å². The van der Waals surface area contributed by atoms with Crippen molar-refractivity contribution in [2.75, 3.05) is 5.32 Å². The molecule has 0 saturated carbocycles. The van der Waals surface area contributed by atoms with E-state index in [1.54, 1.807) is 0 Å². The molecule has 0 aliphatic carbocycles. The molecule has 0 bridgehead atoms. The highest BCUT2D eigenvalue weighted by molar-refractivity contribution is 5.91. The summed E-state index contributed by atoms with van der Waals surface area (Å²) < 4.78 is 13.1. The summed E-state index contributed by atoms with van der Waals surface area (Å²) in [6, 6.07) is 2.78. The molecular weight excluding hydrogens is 271 g/mol. The molecule has 0 aliphatic heterocycles. The van der Waals surface area contributed by atoms with Crippen molar-refractivity contribution in [2.45, 2.75) is 25.7 Å². The summed E-state index contributed by atoms with van der Waals surface area (Å²) in [5.41, 5.74) is -0.453. The van der Waals surface area contributed by atoms with Gasteiger partial charge < -0.3 is 10.4 Å². The maximum Gasteiger partial charge on any atom is 0.303 e. The fourth-order valence-corrected chi connectivity index (χ4v) is 1.54. The van der Waals surface area contributed by atoms with E-state index in [2.05, 4.69) is 5.32 Å². The van der Waals surface area contributed by atoms with Gasteiger partial charge in [0.05, 0.1) is 16.7 Å². The number of carbonyl (C=O) groups is 2. The molecule has 1 amide bonds. The number of carboxylic acid groups (broad SMARTS) is 1. The van der Waals surface area contributed by atoms with Crippen LogP contribution in [0, 0.1) is 15.9 Å². The predicted octanol–water partition coefficient (Wildman–Crippen LogP) is 2.32. The second-order valence-electron chi connectivity index (χ2n) is 4.10. The van der Waals surface area contributed by atoms with Crippen molar-refractivity contribution in [3.05, 3.63) is 34.1 Å². The molecule has 0 radical (unpaired) electrons. The molecule has 0 aliphatic rings. The number of benzene rings is 1. The second-order valence-corrected chi connectivity index (χ2v) is 4.10. The molecule has 0 aromatic heterocycles. The van der Waals surface area contributed by atoms with Crippen molar-refractivity contribution in [3.8, 4) is 0 Å². The lowest BCUT2D eigenvalue weighted by molar-refractivity contribution is -0.385. The van der Waals surface area contributed by atoms with Gasteiger partial charge in [-0.1, -0.05) is 0 Å². The van der Waals surface area contributed by atoms with Gasteiger partial charge in [0.25, 0.3) is 5.69 Å². The van der Waals surface area contributed by atoms with E-state index >= 15 is 0 Å². The molecule has 2 N–H and O–H groups in total. The van der Waals surface area contributed by atoms with Crippen LogP contribution in [-0.4, -0.2) is 21.9 Å². The lowest BCUT2D eigenvalue weighted by Gasteiger charge is -2.05. The molecule has 0 atom stereocenters. The van der Waals surface area contributed by atoms with Crippen LogP contribution in [0.4, 0.5) is 15.8 Å². The first-order chi connectivity index (χ1) is 9.38. The van der Waals surface area contributed by atoms with Gasteiger partial charge in [0.2, 0.25) is 5.91 Å². The van der Waals surface area contributed by atoms with Crippen molar-refractivity contribution in [1.29, 1.82) is 0 Å². The zero-order valence-corrected chi connectivity index (χ0v) is 10.5. The number of non-ortho nitro benzene ring substituents is 1. The maximum atomic E-state index is 13.1. The minimum absolute atomic E-state index is 0.0000606. The molecule has 108 valence electrons. The number of nitro benzene ring substituents is 1. The Hall–Kier alpha value is -2.51. The number of amides is 1. The van der Waals surface area contributed by atoms with Crippen LogP contribution in [-0.2, 0) is 9.59 Å². The van der Waals surface area contributed by atoms with Crippen LogP contribution in [0.1, 0.15) is 25.7 Å². The van der Waals surface area contributed by atoms with Crippen LogP contribution in [0.15, 0.2) is 18.2 Å². The summed E-state index contributed by atoms with van der Waals surface area (Å²) in [6.45, 7) is 0. The summed E-state index contributed by atoms with van der Waals surface area (Å²) in [4.78, 5) is 31.5. The number of hydrogen-bond donors (Lipinski definition) is 2. The molecule has 8 heteroatoms. The minimum atomic E-state index is -0.939. The van der Waals surface area contributed by atoms with Gasteiger partial charge in [-0.2, -0.15) is 0 Å². The first kappa shape index (κ1) is 15.5. The Kier molecular flexibility index (Phi) is 5.57.